The Balaban J connectivity index is 1.34. The Morgan fingerprint density at radius 3 is 1.48 bits per heavy atom. The number of aliphatic hydroxyl groups is 15. The van der Waals surface area contributed by atoms with Crippen molar-refractivity contribution in [1.29, 1.82) is 0 Å². The molecule has 0 aromatic heterocycles. The molecular formula is C32H55NO25. The molecule has 26 nitrogen and oxygen atoms in total. The second kappa shape index (κ2) is 20.1. The van der Waals surface area contributed by atoms with Crippen molar-refractivity contribution < 1.29 is 124 Å². The molecular weight excluding hydrogens is 798 g/mol. The van der Waals surface area contributed by atoms with Gasteiger partial charge in [-0.3, -0.25) is 4.79 Å². The van der Waals surface area contributed by atoms with Gasteiger partial charge in [-0.25, -0.2) is 0 Å². The van der Waals surface area contributed by atoms with Crippen molar-refractivity contribution in [2.45, 2.75) is 167 Å². The van der Waals surface area contributed by atoms with Crippen LogP contribution in [0.25, 0.3) is 0 Å². The molecule has 5 aliphatic rings. The average molecular weight is 854 g/mol. The lowest BCUT2D eigenvalue weighted by molar-refractivity contribution is -0.397. The number of amides is 1. The number of carbonyl (C=O) groups is 1. The van der Waals surface area contributed by atoms with Crippen LogP contribution in [0.15, 0.2) is 0 Å². The maximum Gasteiger partial charge on any atom is 0.217 e. The van der Waals surface area contributed by atoms with Crippen molar-refractivity contribution in [3.63, 3.8) is 0 Å². The Kier molecular flexibility index (Phi) is 16.5. The molecule has 1 amide bonds. The van der Waals surface area contributed by atoms with Gasteiger partial charge in [-0.1, -0.05) is 0 Å². The van der Waals surface area contributed by atoms with Gasteiger partial charge in [0.25, 0.3) is 0 Å². The molecule has 0 radical (unpaired) electrons. The molecule has 58 heavy (non-hydrogen) atoms. The van der Waals surface area contributed by atoms with Crippen molar-refractivity contribution in [2.24, 2.45) is 0 Å². The second-order valence-corrected chi connectivity index (χ2v) is 14.7. The van der Waals surface area contributed by atoms with Crippen molar-refractivity contribution in [2.75, 3.05) is 26.4 Å². The molecule has 5 rings (SSSR count). The molecule has 0 unspecified atom stereocenters. The van der Waals surface area contributed by atoms with Gasteiger partial charge in [0.2, 0.25) is 5.91 Å². The zero-order valence-electron chi connectivity index (χ0n) is 31.1. The first-order chi connectivity index (χ1) is 27.4. The van der Waals surface area contributed by atoms with Crippen LogP contribution in [0.4, 0.5) is 0 Å². The van der Waals surface area contributed by atoms with Crippen molar-refractivity contribution >= 4 is 5.91 Å². The molecule has 5 aliphatic heterocycles. The number of rotatable bonds is 13. The molecule has 0 bridgehead atoms. The van der Waals surface area contributed by atoms with Crippen LogP contribution in [0.3, 0.4) is 0 Å². The van der Waals surface area contributed by atoms with Crippen molar-refractivity contribution in [3.8, 4) is 0 Å². The van der Waals surface area contributed by atoms with E-state index in [4.69, 9.17) is 42.6 Å². The van der Waals surface area contributed by atoms with Gasteiger partial charge in [-0.15, -0.1) is 0 Å². The third-order valence-corrected chi connectivity index (χ3v) is 10.7. The molecule has 26 heteroatoms. The van der Waals surface area contributed by atoms with E-state index in [0.29, 0.717) is 0 Å². The number of nitrogens with one attached hydrogen (secondary N) is 1. The summed E-state index contributed by atoms with van der Waals surface area (Å²) < 4.78 is 50.2. The Labute approximate surface area is 329 Å². The van der Waals surface area contributed by atoms with E-state index in [-0.39, 0.29) is 0 Å². The quantitative estimate of drug-likeness (QED) is 0.0818. The maximum absolute atomic E-state index is 11.8. The summed E-state index contributed by atoms with van der Waals surface area (Å²) in [6, 6.07) is -1.49. The van der Waals surface area contributed by atoms with Gasteiger partial charge >= 0.3 is 0 Å². The highest BCUT2D eigenvalue weighted by molar-refractivity contribution is 5.73. The molecule has 0 spiro atoms. The summed E-state index contributed by atoms with van der Waals surface area (Å²) in [7, 11) is 0. The van der Waals surface area contributed by atoms with E-state index in [1.807, 2.05) is 0 Å². The van der Waals surface area contributed by atoms with Crippen molar-refractivity contribution in [3.05, 3.63) is 0 Å². The first-order valence-electron chi connectivity index (χ1n) is 18.5. The first kappa shape index (κ1) is 47.6. The fraction of sp³-hybridized carbons (Fsp3) is 0.969. The lowest BCUT2D eigenvalue weighted by atomic mass is 9.95. The Bertz CT molecular complexity index is 1310. The third kappa shape index (κ3) is 9.75. The highest BCUT2D eigenvalue weighted by atomic mass is 16.8. The number of aliphatic hydroxyl groups excluding tert-OH is 15. The van der Waals surface area contributed by atoms with Gasteiger partial charge < -0.3 is 125 Å². The summed E-state index contributed by atoms with van der Waals surface area (Å²) in [6.07, 6.45) is -43.4. The molecule has 0 aromatic rings. The SMILES string of the molecule is CC(=O)N[C@@H]1[C@@H](O[C@@H]2O[C@H](CO)[C@H](O[C@H]3O[C@H](CO)[C@H](O)[C@H](O[C@H]4O[C@H](CO)[C@H](O)[C@H](O)[C@H]4O[C@@H]4O[C@@H](C)[C@@H](O)[C@@H](O)[C@@H]4O)[C@H]3O)[C@H](O)[C@H]2O)[C@@H](O)[C@@H](CO)O[C@@H]1O. The topological polar surface area (TPSA) is 416 Å². The normalized spacial score (nSPS) is 51.6. The van der Waals surface area contributed by atoms with Crippen LogP contribution in [0, 0.1) is 0 Å². The monoisotopic (exact) mass is 853 g/mol. The lowest BCUT2D eigenvalue weighted by Gasteiger charge is -2.50. The van der Waals surface area contributed by atoms with Crippen molar-refractivity contribution in [1.82, 2.24) is 5.32 Å². The first-order valence-corrected chi connectivity index (χ1v) is 18.5. The van der Waals surface area contributed by atoms with E-state index < -0.39 is 186 Å². The van der Waals surface area contributed by atoms with Gasteiger partial charge in [0.15, 0.2) is 31.5 Å². The Morgan fingerprint density at radius 2 is 0.879 bits per heavy atom. The summed E-state index contributed by atoms with van der Waals surface area (Å²) in [6.45, 7) is -1.25. The lowest BCUT2D eigenvalue weighted by Crippen LogP contribution is -2.69. The van der Waals surface area contributed by atoms with Gasteiger partial charge in [0, 0.05) is 6.92 Å². The zero-order chi connectivity index (χ0) is 42.9. The van der Waals surface area contributed by atoms with Crippen LogP contribution in [0.2, 0.25) is 0 Å². The highest BCUT2D eigenvalue weighted by Crippen LogP contribution is 2.36. The molecule has 5 saturated heterocycles. The Hall–Kier alpha value is -1.49. The standard InChI is InChI=1S/C32H55NO25/c1-7-14(39)18(43)21(46)29(50-7)58-27-19(44)15(40)9(3-34)53-32(27)57-26-17(42)11(5-36)52-31(23(26)48)55-24-12(6-37)54-30(22(47)20(24)45)56-25-13(33-8(2)38)28(49)51-10(4-35)16(25)41/h7,9-32,34-37,39-49H,3-6H2,1-2H3,(H,33,38)/t7-,9+,10+,11+,12+,13+,14+,15-,16-,17-,18+,19-,20+,21-,22+,23+,24-,25+,26-,27+,28-,29-,30-,31+,32+/m0/s1. The third-order valence-electron chi connectivity index (χ3n) is 10.7. The van der Waals surface area contributed by atoms with Crippen LogP contribution in [0.5, 0.6) is 0 Å². The molecule has 5 heterocycles. The summed E-state index contributed by atoms with van der Waals surface area (Å²) >= 11 is 0. The van der Waals surface area contributed by atoms with E-state index in [0.717, 1.165) is 6.92 Å². The molecule has 0 aliphatic carbocycles. The molecule has 25 atom stereocenters. The van der Waals surface area contributed by atoms with E-state index in [1.165, 1.54) is 6.92 Å². The highest BCUT2D eigenvalue weighted by Gasteiger charge is 2.56. The van der Waals surface area contributed by atoms with Gasteiger partial charge in [0.1, 0.15) is 116 Å². The Morgan fingerprint density at radius 1 is 0.448 bits per heavy atom. The number of hydrogen-bond donors (Lipinski definition) is 16. The minimum atomic E-state index is -2.14. The van der Waals surface area contributed by atoms with Crippen LogP contribution in [-0.4, -0.2) is 262 Å². The molecule has 16 N–H and O–H groups in total. The maximum atomic E-state index is 11.8. The van der Waals surface area contributed by atoms with E-state index in [2.05, 4.69) is 5.32 Å². The largest absolute Gasteiger partial charge is 0.394 e. The number of ether oxygens (including phenoxy) is 9. The molecule has 5 fully saturated rings. The zero-order valence-corrected chi connectivity index (χ0v) is 31.1. The van der Waals surface area contributed by atoms with Crippen LogP contribution >= 0.6 is 0 Å². The predicted octanol–water partition coefficient (Wildman–Crippen LogP) is -10.8. The fourth-order valence-corrected chi connectivity index (χ4v) is 7.35. The summed E-state index contributed by atoms with van der Waals surface area (Å²) in [5.41, 5.74) is 0. The van der Waals surface area contributed by atoms with Crippen LogP contribution in [0.1, 0.15) is 13.8 Å². The van der Waals surface area contributed by atoms with Gasteiger partial charge in [0.05, 0.1) is 32.5 Å². The van der Waals surface area contributed by atoms with E-state index >= 15 is 0 Å². The summed E-state index contributed by atoms with van der Waals surface area (Å²) in [5, 5.41) is 161. The predicted molar refractivity (Wildman–Crippen MR) is 177 cm³/mol. The molecule has 338 valence electrons. The van der Waals surface area contributed by atoms with Crippen LogP contribution in [-0.2, 0) is 47.4 Å². The molecule has 0 aromatic carbocycles. The summed E-state index contributed by atoms with van der Waals surface area (Å²) in [5.74, 6) is -0.699. The minimum absolute atomic E-state index is 0.699. The van der Waals surface area contributed by atoms with E-state index in [1.54, 1.807) is 0 Å². The minimum Gasteiger partial charge on any atom is -0.394 e. The van der Waals surface area contributed by atoms with E-state index in [9.17, 15) is 81.4 Å². The average Bonchev–Trinajstić information content (AvgIpc) is 3.19. The number of hydrogen-bond acceptors (Lipinski definition) is 25. The fourth-order valence-electron chi connectivity index (χ4n) is 7.35. The van der Waals surface area contributed by atoms with Crippen LogP contribution < -0.4 is 5.32 Å². The van der Waals surface area contributed by atoms with Gasteiger partial charge in [-0.05, 0) is 6.92 Å². The smallest absolute Gasteiger partial charge is 0.217 e. The van der Waals surface area contributed by atoms with Gasteiger partial charge in [-0.2, -0.15) is 0 Å². The second-order valence-electron chi connectivity index (χ2n) is 14.7. The number of carbonyl (C=O) groups excluding carboxylic acids is 1. The summed E-state index contributed by atoms with van der Waals surface area (Å²) in [4.78, 5) is 11.8. The molecule has 0 saturated carbocycles.